The van der Waals surface area contributed by atoms with E-state index in [1.807, 2.05) is 6.20 Å². The van der Waals surface area contributed by atoms with Gasteiger partial charge in [0.25, 0.3) is 0 Å². The molecule has 0 saturated carbocycles. The second kappa shape index (κ2) is 22.4. The zero-order valence-corrected chi connectivity index (χ0v) is 52.5. The molecule has 0 N–H and O–H groups in total. The van der Waals surface area contributed by atoms with E-state index < -0.39 is 0 Å². The molecule has 2 aromatic heterocycles. The Balaban J connectivity index is 0.00000753. The molecule has 0 fully saturated rings. The normalized spacial score (nSPS) is 13.3. The number of anilines is 2. The summed E-state index contributed by atoms with van der Waals surface area (Å²) in [7, 11) is 0. The molecular formula is C76H77N4OPt-3. The van der Waals surface area contributed by atoms with Gasteiger partial charge in [0.05, 0.1) is 0 Å². The summed E-state index contributed by atoms with van der Waals surface area (Å²) in [6.07, 6.45) is 4.22. The molecule has 11 rings (SSSR count). The third-order valence-electron chi connectivity index (χ3n) is 16.7. The van der Waals surface area contributed by atoms with Gasteiger partial charge in [-0.05, 0) is 115 Å². The predicted octanol–water partition coefficient (Wildman–Crippen LogP) is 20.4. The topological polar surface area (TPSA) is 33.5 Å². The van der Waals surface area contributed by atoms with Crippen molar-refractivity contribution in [2.24, 2.45) is 5.41 Å². The van der Waals surface area contributed by atoms with E-state index in [4.69, 9.17) is 9.72 Å². The first-order valence-electron chi connectivity index (χ1n) is 28.9. The van der Waals surface area contributed by atoms with Crippen molar-refractivity contribution >= 4 is 33.2 Å². The minimum atomic E-state index is -0.276. The molecule has 1 aliphatic rings. The third-order valence-corrected chi connectivity index (χ3v) is 16.7. The fourth-order valence-corrected chi connectivity index (χ4v) is 11.7. The number of allylic oxidation sites excluding steroid dienone is 1. The van der Waals surface area contributed by atoms with Gasteiger partial charge in [-0.1, -0.05) is 230 Å². The Hall–Kier alpha value is -7.46. The van der Waals surface area contributed by atoms with Gasteiger partial charge in [0.15, 0.2) is 0 Å². The molecule has 0 radical (unpaired) electrons. The van der Waals surface area contributed by atoms with Crippen LogP contribution >= 0.6 is 0 Å². The molecule has 6 heteroatoms. The quantitative estimate of drug-likeness (QED) is 0.108. The Kier molecular flexibility index (Phi) is 15.8. The van der Waals surface area contributed by atoms with Crippen LogP contribution in [0.1, 0.15) is 148 Å². The molecule has 0 bridgehead atoms. The summed E-state index contributed by atoms with van der Waals surface area (Å²) in [5.41, 5.74) is 17.7. The molecule has 0 aliphatic carbocycles. The molecule has 5 nitrogen and oxygen atoms in total. The van der Waals surface area contributed by atoms with Gasteiger partial charge in [-0.25, -0.2) is 4.98 Å². The molecule has 0 amide bonds. The van der Waals surface area contributed by atoms with E-state index in [0.29, 0.717) is 11.5 Å². The van der Waals surface area contributed by atoms with E-state index in [2.05, 4.69) is 318 Å². The van der Waals surface area contributed by atoms with E-state index >= 15 is 0 Å². The maximum atomic E-state index is 7.20. The summed E-state index contributed by atoms with van der Waals surface area (Å²) >= 11 is 0. The molecule has 10 aromatic rings. The standard InChI is InChI=1S/C76H77N4O.Pt/c1-50(2)64-31-24-32-65(51(3)4)72(64)54-41-60(78-48-70(74(8,9)10)79(49-78)61-40-53(52-25-18-15-19-26-52)39-59(43-61)76(13,14)56-29-22-17-23-30-56)46-63(42-54)81-62-34-35-66-67-44-58(75(11,12)55-27-20-16-21-28-55)33-36-68(67)80(69(66)47-62)71-45-57(37-38-77-71)73(5,6)7;/h15-45,48-51H,1-14H3;/q-3;. The van der Waals surface area contributed by atoms with Gasteiger partial charge in [-0.2, -0.15) is 6.07 Å². The molecular weight excluding hydrogens is 1180 g/mol. The van der Waals surface area contributed by atoms with E-state index in [1.54, 1.807) is 0 Å². The van der Waals surface area contributed by atoms with Crippen molar-refractivity contribution in [3.8, 4) is 39.6 Å². The Morgan fingerprint density at radius 3 is 1.72 bits per heavy atom. The zero-order valence-electron chi connectivity index (χ0n) is 50.2. The molecule has 82 heavy (non-hydrogen) atoms. The number of hydrogen-bond donors (Lipinski definition) is 0. The van der Waals surface area contributed by atoms with E-state index in [0.717, 1.165) is 50.3 Å². The molecule has 1 aliphatic heterocycles. The average Bonchev–Trinajstić information content (AvgIpc) is 4.27. The second-order valence-electron chi connectivity index (χ2n) is 25.9. The number of rotatable bonds is 13. The van der Waals surface area contributed by atoms with Crippen LogP contribution in [0, 0.1) is 24.2 Å². The van der Waals surface area contributed by atoms with Crippen molar-refractivity contribution in [3.05, 3.63) is 258 Å². The van der Waals surface area contributed by atoms with Gasteiger partial charge in [0.1, 0.15) is 5.82 Å². The first kappa shape index (κ1) is 57.8. The number of pyridine rings is 1. The summed E-state index contributed by atoms with van der Waals surface area (Å²) in [6.45, 7) is 34.3. The van der Waals surface area contributed by atoms with Crippen molar-refractivity contribution in [1.29, 1.82) is 0 Å². The van der Waals surface area contributed by atoms with Crippen LogP contribution < -0.4 is 14.5 Å². The molecule has 8 aromatic carbocycles. The van der Waals surface area contributed by atoms with Crippen LogP contribution in [0.4, 0.5) is 11.4 Å². The summed E-state index contributed by atoms with van der Waals surface area (Å²) in [6, 6.07) is 73.9. The molecule has 0 atom stereocenters. The van der Waals surface area contributed by atoms with Crippen LogP contribution in [-0.4, -0.2) is 9.55 Å². The smallest absolute Gasteiger partial charge is 0.135 e. The Morgan fingerprint density at radius 2 is 1.11 bits per heavy atom. The molecule has 0 spiro atoms. The molecule has 0 saturated heterocycles. The minimum absolute atomic E-state index is 0. The van der Waals surface area contributed by atoms with Crippen molar-refractivity contribution in [2.45, 2.75) is 125 Å². The molecule has 420 valence electrons. The number of fused-ring (bicyclic) bond motifs is 3. The minimum Gasteiger partial charge on any atom is -0.509 e. The molecule has 0 unspecified atom stereocenters. The monoisotopic (exact) mass is 1260 g/mol. The number of ether oxygens (including phenoxy) is 1. The largest absolute Gasteiger partial charge is 0.509 e. The van der Waals surface area contributed by atoms with Crippen molar-refractivity contribution < 1.29 is 25.8 Å². The number of nitrogens with zero attached hydrogens (tertiary/aromatic N) is 4. The van der Waals surface area contributed by atoms with E-state index in [1.165, 1.54) is 55.6 Å². The van der Waals surface area contributed by atoms with Gasteiger partial charge in [0.2, 0.25) is 0 Å². The van der Waals surface area contributed by atoms with Crippen LogP contribution in [0.2, 0.25) is 0 Å². The fourth-order valence-electron chi connectivity index (χ4n) is 11.7. The van der Waals surface area contributed by atoms with E-state index in [9.17, 15) is 0 Å². The fraction of sp³-hybridized carbons (Fsp3) is 0.263. The van der Waals surface area contributed by atoms with Gasteiger partial charge in [0, 0.05) is 71.9 Å². The van der Waals surface area contributed by atoms with Crippen LogP contribution in [0.25, 0.3) is 49.9 Å². The number of benzene rings is 8. The van der Waals surface area contributed by atoms with Gasteiger partial charge in [-0.15, -0.1) is 53.6 Å². The molecule has 3 heterocycles. The summed E-state index contributed by atoms with van der Waals surface area (Å²) in [5, 5.41) is 2.22. The third kappa shape index (κ3) is 11.1. The van der Waals surface area contributed by atoms with Gasteiger partial charge >= 0.3 is 0 Å². The van der Waals surface area contributed by atoms with Crippen LogP contribution in [0.15, 0.2) is 200 Å². The summed E-state index contributed by atoms with van der Waals surface area (Å²) in [4.78, 5) is 9.68. The SMILES string of the molecule is CC(C)c1cccc(C(C)C)c1-c1cc(Oc2[c-]c3c(cc2)c2cc(C(C)(C)c4ccccc4)ccc2n3-c2cc(C(C)(C)C)ccn2)[c-]c(N2C=C(C(C)(C)C)N(c3cc(-c4ccccc4)cc(C(C)(C)c4ccccc4)c3)[CH-]2)c1.[Pt]. The first-order chi connectivity index (χ1) is 38.6. The van der Waals surface area contributed by atoms with Crippen molar-refractivity contribution in [2.75, 3.05) is 9.80 Å². The number of hydrogen-bond acceptors (Lipinski definition) is 4. The van der Waals surface area contributed by atoms with Crippen molar-refractivity contribution in [3.63, 3.8) is 0 Å². The first-order valence-corrected chi connectivity index (χ1v) is 28.9. The summed E-state index contributed by atoms with van der Waals surface area (Å²) in [5.74, 6) is 2.60. The van der Waals surface area contributed by atoms with Crippen molar-refractivity contribution in [1.82, 2.24) is 9.55 Å². The maximum absolute atomic E-state index is 7.20. The Morgan fingerprint density at radius 1 is 0.488 bits per heavy atom. The average molecular weight is 1260 g/mol. The van der Waals surface area contributed by atoms with Crippen LogP contribution in [-0.2, 0) is 37.3 Å². The Bertz CT molecular complexity index is 3940. The Labute approximate surface area is 503 Å². The van der Waals surface area contributed by atoms with Crippen LogP contribution in [0.5, 0.6) is 11.5 Å². The summed E-state index contributed by atoms with van der Waals surface area (Å²) < 4.78 is 9.46. The van der Waals surface area contributed by atoms with Gasteiger partial charge in [-0.3, -0.25) is 0 Å². The zero-order chi connectivity index (χ0) is 57.2. The predicted molar refractivity (Wildman–Crippen MR) is 341 cm³/mol. The van der Waals surface area contributed by atoms with Gasteiger partial charge < -0.3 is 19.1 Å². The second-order valence-corrected chi connectivity index (χ2v) is 25.9. The maximum Gasteiger partial charge on any atom is 0.135 e. The van der Waals surface area contributed by atoms with E-state index in [-0.39, 0.29) is 54.6 Å². The van der Waals surface area contributed by atoms with Crippen LogP contribution in [0.3, 0.4) is 0 Å². The number of aromatic nitrogens is 2.